The average molecular weight is 259 g/mol. The lowest BCUT2D eigenvalue weighted by Gasteiger charge is -2.27. The minimum Gasteiger partial charge on any atom is -0.480 e. The molecule has 2 aromatic rings. The van der Waals surface area contributed by atoms with Gasteiger partial charge in [-0.15, -0.1) is 0 Å². The van der Waals surface area contributed by atoms with Crippen LogP contribution in [0.5, 0.6) is 5.75 Å². The Hall–Kier alpha value is -1.81. The van der Waals surface area contributed by atoms with Crippen molar-refractivity contribution in [3.63, 3.8) is 0 Å². The van der Waals surface area contributed by atoms with Gasteiger partial charge < -0.3 is 15.0 Å². The topological polar surface area (TPSA) is 53.1 Å². The SMILES string of the molecule is CC(N)c1ccccc1OC(C)(C)c1nccn1C. The number of ether oxygens (including phenoxy) is 1. The average Bonchev–Trinajstić information content (AvgIpc) is 2.76. The van der Waals surface area contributed by atoms with Gasteiger partial charge in [-0.25, -0.2) is 4.98 Å². The zero-order valence-corrected chi connectivity index (χ0v) is 11.9. The maximum absolute atomic E-state index is 6.16. The van der Waals surface area contributed by atoms with Crippen molar-refractivity contribution >= 4 is 0 Å². The van der Waals surface area contributed by atoms with Crippen molar-refractivity contribution in [3.8, 4) is 5.75 Å². The predicted molar refractivity (Wildman–Crippen MR) is 75.9 cm³/mol. The molecule has 1 aromatic carbocycles. The van der Waals surface area contributed by atoms with Crippen molar-refractivity contribution in [1.29, 1.82) is 0 Å². The minimum atomic E-state index is -0.511. The summed E-state index contributed by atoms with van der Waals surface area (Å²) in [4.78, 5) is 4.36. The van der Waals surface area contributed by atoms with E-state index in [0.717, 1.165) is 17.1 Å². The molecule has 2 rings (SSSR count). The molecule has 1 atom stereocenters. The van der Waals surface area contributed by atoms with Gasteiger partial charge in [0.05, 0.1) is 0 Å². The Morgan fingerprint density at radius 1 is 1.32 bits per heavy atom. The molecule has 0 fully saturated rings. The summed E-state index contributed by atoms with van der Waals surface area (Å²) in [5.41, 5.74) is 6.47. The number of benzene rings is 1. The van der Waals surface area contributed by atoms with Gasteiger partial charge in [0.1, 0.15) is 5.75 Å². The van der Waals surface area contributed by atoms with E-state index in [2.05, 4.69) is 4.98 Å². The fourth-order valence-corrected chi connectivity index (χ4v) is 2.22. The van der Waals surface area contributed by atoms with Gasteiger partial charge >= 0.3 is 0 Å². The van der Waals surface area contributed by atoms with E-state index in [-0.39, 0.29) is 6.04 Å². The zero-order valence-electron chi connectivity index (χ0n) is 11.9. The Morgan fingerprint density at radius 3 is 2.58 bits per heavy atom. The molecular formula is C15H21N3O. The second-order valence-electron chi connectivity index (χ2n) is 5.30. The number of para-hydroxylation sites is 1. The van der Waals surface area contributed by atoms with Gasteiger partial charge in [-0.3, -0.25) is 0 Å². The van der Waals surface area contributed by atoms with Crippen molar-refractivity contribution in [1.82, 2.24) is 9.55 Å². The lowest BCUT2D eigenvalue weighted by atomic mass is 10.1. The number of hydrogen-bond donors (Lipinski definition) is 1. The van der Waals surface area contributed by atoms with Crippen LogP contribution in [0.2, 0.25) is 0 Å². The Bertz CT molecular complexity index is 558. The maximum Gasteiger partial charge on any atom is 0.161 e. The van der Waals surface area contributed by atoms with Crippen LogP contribution in [0.4, 0.5) is 0 Å². The predicted octanol–water partition coefficient (Wildman–Crippen LogP) is 2.75. The Morgan fingerprint density at radius 2 is 2.00 bits per heavy atom. The monoisotopic (exact) mass is 259 g/mol. The molecule has 0 bridgehead atoms. The van der Waals surface area contributed by atoms with E-state index in [9.17, 15) is 0 Å². The normalized spacial score (nSPS) is 13.3. The second kappa shape index (κ2) is 5.05. The molecule has 0 aliphatic rings. The number of imidazole rings is 1. The third-order valence-electron chi connectivity index (χ3n) is 3.13. The molecule has 0 spiro atoms. The molecule has 0 aliphatic heterocycles. The van der Waals surface area contributed by atoms with Crippen LogP contribution < -0.4 is 10.5 Å². The van der Waals surface area contributed by atoms with Crippen LogP contribution in [0.3, 0.4) is 0 Å². The molecule has 102 valence electrons. The lowest BCUT2D eigenvalue weighted by molar-refractivity contribution is 0.0936. The number of aryl methyl sites for hydroxylation is 1. The summed E-state index contributed by atoms with van der Waals surface area (Å²) < 4.78 is 8.12. The summed E-state index contributed by atoms with van der Waals surface area (Å²) in [7, 11) is 1.96. The summed E-state index contributed by atoms with van der Waals surface area (Å²) in [6.07, 6.45) is 3.69. The van der Waals surface area contributed by atoms with Crippen molar-refractivity contribution < 1.29 is 4.74 Å². The van der Waals surface area contributed by atoms with E-state index >= 15 is 0 Å². The summed E-state index contributed by atoms with van der Waals surface area (Å²) in [5, 5.41) is 0. The Balaban J connectivity index is 2.33. The van der Waals surface area contributed by atoms with Gasteiger partial charge in [-0.2, -0.15) is 0 Å². The van der Waals surface area contributed by atoms with E-state index in [0.29, 0.717) is 0 Å². The van der Waals surface area contributed by atoms with E-state index in [1.807, 2.05) is 62.8 Å². The molecule has 0 saturated heterocycles. The second-order valence-corrected chi connectivity index (χ2v) is 5.30. The molecule has 19 heavy (non-hydrogen) atoms. The molecule has 1 aromatic heterocycles. The molecule has 1 unspecified atom stereocenters. The quantitative estimate of drug-likeness (QED) is 0.918. The molecule has 0 radical (unpaired) electrons. The van der Waals surface area contributed by atoms with Gasteiger partial charge in [0.15, 0.2) is 11.4 Å². The van der Waals surface area contributed by atoms with Crippen LogP contribution in [-0.2, 0) is 12.6 Å². The number of nitrogens with two attached hydrogens (primary N) is 1. The van der Waals surface area contributed by atoms with Crippen LogP contribution in [0, 0.1) is 0 Å². The van der Waals surface area contributed by atoms with Gasteiger partial charge in [0, 0.05) is 31.0 Å². The van der Waals surface area contributed by atoms with Crippen molar-refractivity contribution in [2.45, 2.75) is 32.4 Å². The van der Waals surface area contributed by atoms with Gasteiger partial charge in [0.2, 0.25) is 0 Å². The van der Waals surface area contributed by atoms with Crippen LogP contribution in [0.25, 0.3) is 0 Å². The maximum atomic E-state index is 6.16. The first-order valence-corrected chi connectivity index (χ1v) is 6.43. The standard InChI is InChI=1S/C15H21N3O/c1-11(16)12-7-5-6-8-13(12)19-15(2,3)14-17-9-10-18(14)4/h5-11H,16H2,1-4H3. The van der Waals surface area contributed by atoms with Gasteiger partial charge in [0.25, 0.3) is 0 Å². The largest absolute Gasteiger partial charge is 0.480 e. The fourth-order valence-electron chi connectivity index (χ4n) is 2.22. The fraction of sp³-hybridized carbons (Fsp3) is 0.400. The van der Waals surface area contributed by atoms with Crippen LogP contribution >= 0.6 is 0 Å². The molecule has 0 saturated carbocycles. The lowest BCUT2D eigenvalue weighted by Crippen LogP contribution is -2.29. The number of hydrogen-bond acceptors (Lipinski definition) is 3. The molecule has 4 heteroatoms. The molecule has 1 heterocycles. The highest BCUT2D eigenvalue weighted by molar-refractivity contribution is 5.36. The van der Waals surface area contributed by atoms with Crippen LogP contribution in [-0.4, -0.2) is 9.55 Å². The van der Waals surface area contributed by atoms with Gasteiger partial charge in [-0.05, 0) is 26.8 Å². The number of rotatable bonds is 4. The zero-order chi connectivity index (χ0) is 14.0. The third kappa shape index (κ3) is 2.79. The molecular weight excluding hydrogens is 238 g/mol. The minimum absolute atomic E-state index is 0.0617. The smallest absolute Gasteiger partial charge is 0.161 e. The Kier molecular flexibility index (Phi) is 3.62. The first kappa shape index (κ1) is 13.6. The van der Waals surface area contributed by atoms with Crippen LogP contribution in [0.1, 0.15) is 38.2 Å². The van der Waals surface area contributed by atoms with E-state index < -0.39 is 5.60 Å². The van der Waals surface area contributed by atoms with E-state index in [1.54, 1.807) is 6.20 Å². The number of nitrogens with zero attached hydrogens (tertiary/aromatic N) is 2. The highest BCUT2D eigenvalue weighted by Crippen LogP contribution is 2.31. The van der Waals surface area contributed by atoms with Crippen LogP contribution in [0.15, 0.2) is 36.7 Å². The summed E-state index contributed by atoms with van der Waals surface area (Å²) in [5.74, 6) is 1.69. The van der Waals surface area contributed by atoms with E-state index in [1.165, 1.54) is 0 Å². The first-order chi connectivity index (χ1) is 8.92. The van der Waals surface area contributed by atoms with Crippen molar-refractivity contribution in [2.75, 3.05) is 0 Å². The van der Waals surface area contributed by atoms with Crippen molar-refractivity contribution in [3.05, 3.63) is 48.0 Å². The summed E-state index contributed by atoms with van der Waals surface area (Å²) in [6.45, 7) is 5.97. The summed E-state index contributed by atoms with van der Waals surface area (Å²) in [6, 6.07) is 7.81. The molecule has 0 amide bonds. The molecule has 0 aliphatic carbocycles. The molecule has 4 nitrogen and oxygen atoms in total. The highest BCUT2D eigenvalue weighted by Gasteiger charge is 2.28. The van der Waals surface area contributed by atoms with E-state index in [4.69, 9.17) is 10.5 Å². The Labute approximate surface area is 114 Å². The summed E-state index contributed by atoms with van der Waals surface area (Å²) >= 11 is 0. The number of aromatic nitrogens is 2. The molecule has 2 N–H and O–H groups in total. The highest BCUT2D eigenvalue weighted by atomic mass is 16.5. The first-order valence-electron chi connectivity index (χ1n) is 6.43. The third-order valence-corrected chi connectivity index (χ3v) is 3.13. The van der Waals surface area contributed by atoms with Gasteiger partial charge in [-0.1, -0.05) is 18.2 Å². The van der Waals surface area contributed by atoms with Crippen molar-refractivity contribution in [2.24, 2.45) is 12.8 Å².